The minimum Gasteiger partial charge on any atom is -0.466 e. The SMILES string of the molecule is COC(=O)/C=C/CNC(=O)c1ccc(Cn2cc(C)cn2)cc1. The molecule has 120 valence electrons. The van der Waals surface area contributed by atoms with E-state index in [2.05, 4.69) is 15.2 Å². The number of nitrogens with zero attached hydrogens (tertiary/aromatic N) is 2. The second kappa shape index (κ2) is 7.93. The largest absolute Gasteiger partial charge is 0.466 e. The Morgan fingerprint density at radius 3 is 2.65 bits per heavy atom. The number of hydrogen-bond acceptors (Lipinski definition) is 4. The summed E-state index contributed by atoms with van der Waals surface area (Å²) in [6, 6.07) is 7.34. The highest BCUT2D eigenvalue weighted by molar-refractivity contribution is 5.94. The third-order valence-corrected chi connectivity index (χ3v) is 3.16. The van der Waals surface area contributed by atoms with Gasteiger partial charge in [-0.05, 0) is 30.2 Å². The molecule has 0 atom stereocenters. The first kappa shape index (κ1) is 16.5. The highest BCUT2D eigenvalue weighted by Gasteiger charge is 2.04. The Morgan fingerprint density at radius 2 is 2.04 bits per heavy atom. The van der Waals surface area contributed by atoms with Gasteiger partial charge < -0.3 is 10.1 Å². The highest BCUT2D eigenvalue weighted by Crippen LogP contribution is 2.07. The van der Waals surface area contributed by atoms with Crippen molar-refractivity contribution in [1.29, 1.82) is 0 Å². The lowest BCUT2D eigenvalue weighted by Crippen LogP contribution is -2.23. The van der Waals surface area contributed by atoms with E-state index in [0.29, 0.717) is 12.1 Å². The Morgan fingerprint density at radius 1 is 1.30 bits per heavy atom. The fourth-order valence-electron chi connectivity index (χ4n) is 1.98. The third kappa shape index (κ3) is 5.10. The molecule has 0 saturated carbocycles. The molecule has 0 saturated heterocycles. The molecule has 0 spiro atoms. The van der Waals surface area contributed by atoms with Crippen LogP contribution in [0.4, 0.5) is 0 Å². The summed E-state index contributed by atoms with van der Waals surface area (Å²) in [4.78, 5) is 22.8. The summed E-state index contributed by atoms with van der Waals surface area (Å²) in [6.07, 6.45) is 6.59. The number of benzene rings is 1. The van der Waals surface area contributed by atoms with E-state index in [1.807, 2.05) is 36.1 Å². The predicted octanol–water partition coefficient (Wildman–Crippen LogP) is 1.70. The molecular weight excluding hydrogens is 294 g/mol. The number of rotatable bonds is 6. The number of amides is 1. The van der Waals surface area contributed by atoms with E-state index < -0.39 is 5.97 Å². The van der Waals surface area contributed by atoms with Crippen molar-refractivity contribution < 1.29 is 14.3 Å². The highest BCUT2D eigenvalue weighted by atomic mass is 16.5. The van der Waals surface area contributed by atoms with Crippen LogP contribution in [0.1, 0.15) is 21.5 Å². The topological polar surface area (TPSA) is 73.2 Å². The van der Waals surface area contributed by atoms with E-state index in [-0.39, 0.29) is 12.5 Å². The first-order chi connectivity index (χ1) is 11.1. The van der Waals surface area contributed by atoms with Gasteiger partial charge in [0.25, 0.3) is 5.91 Å². The van der Waals surface area contributed by atoms with E-state index >= 15 is 0 Å². The molecule has 6 heteroatoms. The molecule has 1 heterocycles. The Kier molecular flexibility index (Phi) is 5.68. The molecule has 0 radical (unpaired) electrons. The van der Waals surface area contributed by atoms with Gasteiger partial charge in [0.15, 0.2) is 0 Å². The van der Waals surface area contributed by atoms with Crippen LogP contribution in [0.15, 0.2) is 48.8 Å². The molecule has 0 bridgehead atoms. The molecular formula is C17H19N3O3. The Labute approximate surface area is 134 Å². The molecule has 2 rings (SSSR count). The summed E-state index contributed by atoms with van der Waals surface area (Å²) in [5, 5.41) is 6.93. The molecule has 23 heavy (non-hydrogen) atoms. The first-order valence-corrected chi connectivity index (χ1v) is 7.19. The lowest BCUT2D eigenvalue weighted by molar-refractivity contribution is -0.134. The van der Waals surface area contributed by atoms with Gasteiger partial charge in [-0.2, -0.15) is 5.10 Å². The van der Waals surface area contributed by atoms with Crippen LogP contribution in [-0.2, 0) is 16.1 Å². The summed E-state index contributed by atoms with van der Waals surface area (Å²) in [5.41, 5.74) is 2.74. The Bertz CT molecular complexity index is 702. The number of methoxy groups -OCH3 is 1. The summed E-state index contributed by atoms with van der Waals surface area (Å²) in [6.45, 7) is 2.92. The van der Waals surface area contributed by atoms with Gasteiger partial charge >= 0.3 is 5.97 Å². The van der Waals surface area contributed by atoms with Gasteiger partial charge in [-0.3, -0.25) is 9.48 Å². The predicted molar refractivity (Wildman–Crippen MR) is 86.0 cm³/mol. The van der Waals surface area contributed by atoms with Gasteiger partial charge in [0.1, 0.15) is 0 Å². The van der Waals surface area contributed by atoms with Crippen LogP contribution in [-0.4, -0.2) is 35.3 Å². The van der Waals surface area contributed by atoms with Crippen LogP contribution in [0.5, 0.6) is 0 Å². The van der Waals surface area contributed by atoms with Gasteiger partial charge in [-0.25, -0.2) is 4.79 Å². The molecule has 6 nitrogen and oxygen atoms in total. The average molecular weight is 313 g/mol. The zero-order valence-corrected chi connectivity index (χ0v) is 13.2. The Hall–Kier alpha value is -2.89. The third-order valence-electron chi connectivity index (χ3n) is 3.16. The van der Waals surface area contributed by atoms with Crippen molar-refractivity contribution in [2.45, 2.75) is 13.5 Å². The molecule has 1 aromatic heterocycles. The molecule has 0 aliphatic carbocycles. The monoisotopic (exact) mass is 313 g/mol. The standard InChI is InChI=1S/C17H19N3O3/c1-13-10-19-20(11-13)12-14-5-7-15(8-6-14)17(22)18-9-3-4-16(21)23-2/h3-8,10-11H,9,12H2,1-2H3,(H,18,22)/b4-3+. The number of nitrogens with one attached hydrogen (secondary N) is 1. The summed E-state index contributed by atoms with van der Waals surface area (Å²) >= 11 is 0. The molecule has 1 aromatic carbocycles. The van der Waals surface area contributed by atoms with Crippen molar-refractivity contribution >= 4 is 11.9 Å². The smallest absolute Gasteiger partial charge is 0.330 e. The van der Waals surface area contributed by atoms with Crippen LogP contribution in [0.3, 0.4) is 0 Å². The van der Waals surface area contributed by atoms with Gasteiger partial charge in [0.05, 0.1) is 19.9 Å². The number of aromatic nitrogens is 2. The molecule has 0 aliphatic heterocycles. The lowest BCUT2D eigenvalue weighted by atomic mass is 10.1. The lowest BCUT2D eigenvalue weighted by Gasteiger charge is -2.05. The molecule has 1 amide bonds. The molecule has 0 aliphatic rings. The molecule has 0 fully saturated rings. The van der Waals surface area contributed by atoms with Gasteiger partial charge in [-0.15, -0.1) is 0 Å². The second-order valence-electron chi connectivity index (χ2n) is 5.05. The first-order valence-electron chi connectivity index (χ1n) is 7.19. The molecule has 2 aromatic rings. The number of carbonyl (C=O) groups is 2. The van der Waals surface area contributed by atoms with Crippen molar-refractivity contribution in [2.75, 3.05) is 13.7 Å². The van der Waals surface area contributed by atoms with E-state index in [1.165, 1.54) is 19.3 Å². The maximum atomic E-state index is 12.0. The summed E-state index contributed by atoms with van der Waals surface area (Å²) < 4.78 is 6.31. The minimum atomic E-state index is -0.447. The average Bonchev–Trinajstić information content (AvgIpc) is 2.96. The van der Waals surface area contributed by atoms with Crippen molar-refractivity contribution in [3.05, 3.63) is 65.5 Å². The number of ether oxygens (including phenoxy) is 1. The number of esters is 1. The fourth-order valence-corrected chi connectivity index (χ4v) is 1.98. The maximum absolute atomic E-state index is 12.0. The zero-order valence-electron chi connectivity index (χ0n) is 13.2. The Balaban J connectivity index is 1.87. The summed E-state index contributed by atoms with van der Waals surface area (Å²) in [5.74, 6) is -0.640. The second-order valence-corrected chi connectivity index (χ2v) is 5.05. The van der Waals surface area contributed by atoms with Crippen molar-refractivity contribution in [2.24, 2.45) is 0 Å². The number of hydrogen-bond donors (Lipinski definition) is 1. The number of carbonyl (C=O) groups excluding carboxylic acids is 2. The maximum Gasteiger partial charge on any atom is 0.330 e. The van der Waals surface area contributed by atoms with Crippen LogP contribution in [0.2, 0.25) is 0 Å². The normalized spacial score (nSPS) is 10.7. The zero-order chi connectivity index (χ0) is 16.7. The van der Waals surface area contributed by atoms with Crippen molar-refractivity contribution in [3.63, 3.8) is 0 Å². The van der Waals surface area contributed by atoms with E-state index in [9.17, 15) is 9.59 Å². The van der Waals surface area contributed by atoms with Crippen molar-refractivity contribution in [1.82, 2.24) is 15.1 Å². The molecule has 1 N–H and O–H groups in total. The van der Waals surface area contributed by atoms with Crippen LogP contribution >= 0.6 is 0 Å². The van der Waals surface area contributed by atoms with E-state index in [0.717, 1.165) is 11.1 Å². The van der Waals surface area contributed by atoms with E-state index in [4.69, 9.17) is 0 Å². The molecule has 0 unspecified atom stereocenters. The van der Waals surface area contributed by atoms with Crippen LogP contribution in [0, 0.1) is 6.92 Å². The fraction of sp³-hybridized carbons (Fsp3) is 0.235. The minimum absolute atomic E-state index is 0.194. The summed E-state index contributed by atoms with van der Waals surface area (Å²) in [7, 11) is 1.30. The quantitative estimate of drug-likeness (QED) is 0.651. The van der Waals surface area contributed by atoms with Crippen molar-refractivity contribution in [3.8, 4) is 0 Å². The number of aryl methyl sites for hydroxylation is 1. The van der Waals surface area contributed by atoms with Crippen LogP contribution < -0.4 is 5.32 Å². The van der Waals surface area contributed by atoms with Gasteiger partial charge in [0, 0.05) is 24.4 Å². The van der Waals surface area contributed by atoms with Gasteiger partial charge in [-0.1, -0.05) is 18.2 Å². The van der Waals surface area contributed by atoms with Crippen LogP contribution in [0.25, 0.3) is 0 Å². The van der Waals surface area contributed by atoms with Gasteiger partial charge in [0.2, 0.25) is 0 Å². The van der Waals surface area contributed by atoms with E-state index in [1.54, 1.807) is 12.1 Å².